The Balaban J connectivity index is 2.28. The molecule has 0 bridgehead atoms. The molecule has 0 aliphatic heterocycles. The van der Waals surface area contributed by atoms with Gasteiger partial charge in [0.25, 0.3) is 0 Å². The largest absolute Gasteiger partial charge is 0.453 e. The molecule has 0 aliphatic rings. The molecule has 1 amide bonds. The first kappa shape index (κ1) is 13.1. The van der Waals surface area contributed by atoms with Gasteiger partial charge >= 0.3 is 6.09 Å². The number of nitrogens with zero attached hydrogens (tertiary/aromatic N) is 1. The minimum atomic E-state index is -0.596. The normalized spacial score (nSPS) is 10.4. The minimum absolute atomic E-state index is 0.0986. The van der Waals surface area contributed by atoms with Crippen LogP contribution in [-0.2, 0) is 4.74 Å². The van der Waals surface area contributed by atoms with Gasteiger partial charge in [-0.15, -0.1) is 0 Å². The van der Waals surface area contributed by atoms with Gasteiger partial charge in [-0.05, 0) is 24.6 Å². The second-order valence-electron chi connectivity index (χ2n) is 4.11. The van der Waals surface area contributed by atoms with E-state index in [1.807, 2.05) is 6.92 Å². The predicted octanol–water partition coefficient (Wildman–Crippen LogP) is 2.72. The number of Topliss-reactive ketones (excluding diaryl/α,β-unsaturated/α-hetero) is 1. The molecule has 0 saturated heterocycles. The average Bonchev–Trinajstić information content (AvgIpc) is 2.79. The zero-order chi connectivity index (χ0) is 13.8. The molecule has 100 valence electrons. The third-order valence-electron chi connectivity index (χ3n) is 2.69. The van der Waals surface area contributed by atoms with E-state index >= 15 is 0 Å². The number of ketones is 1. The van der Waals surface area contributed by atoms with Crippen molar-refractivity contribution in [1.29, 1.82) is 0 Å². The summed E-state index contributed by atoms with van der Waals surface area (Å²) >= 11 is 0. The van der Waals surface area contributed by atoms with E-state index in [-0.39, 0.29) is 5.78 Å². The van der Waals surface area contributed by atoms with Crippen molar-refractivity contribution in [3.8, 4) is 0 Å². The second-order valence-corrected chi connectivity index (χ2v) is 4.11. The summed E-state index contributed by atoms with van der Waals surface area (Å²) in [7, 11) is 1.28. The van der Waals surface area contributed by atoms with Crippen LogP contribution in [0.3, 0.4) is 0 Å². The summed E-state index contributed by atoms with van der Waals surface area (Å²) in [6.07, 6.45) is 0.739. The van der Waals surface area contributed by atoms with Gasteiger partial charge in [0, 0.05) is 12.0 Å². The van der Waals surface area contributed by atoms with E-state index < -0.39 is 6.09 Å². The Bertz CT molecular complexity index is 619. The van der Waals surface area contributed by atoms with Gasteiger partial charge in [-0.1, -0.05) is 6.92 Å². The molecule has 0 radical (unpaired) electrons. The van der Waals surface area contributed by atoms with E-state index in [0.717, 1.165) is 6.42 Å². The Morgan fingerprint density at radius 3 is 2.89 bits per heavy atom. The number of carbonyl (C=O) groups excluding carboxylic acids is 2. The summed E-state index contributed by atoms with van der Waals surface area (Å²) in [6, 6.07) is 5.23. The van der Waals surface area contributed by atoms with Crippen molar-refractivity contribution < 1.29 is 14.3 Å². The molecule has 0 unspecified atom stereocenters. The van der Waals surface area contributed by atoms with Crippen molar-refractivity contribution in [2.45, 2.75) is 19.8 Å². The number of aromatic amines is 1. The maximum Gasteiger partial charge on any atom is 0.413 e. The number of rotatable bonds is 4. The first-order valence-corrected chi connectivity index (χ1v) is 6.02. The monoisotopic (exact) mass is 261 g/mol. The lowest BCUT2D eigenvalue weighted by Gasteiger charge is -1.98. The van der Waals surface area contributed by atoms with Crippen molar-refractivity contribution in [3.05, 3.63) is 23.8 Å². The second kappa shape index (κ2) is 5.51. The maximum absolute atomic E-state index is 11.8. The van der Waals surface area contributed by atoms with Crippen LogP contribution in [0.15, 0.2) is 18.2 Å². The molecule has 0 atom stereocenters. The Hall–Kier alpha value is -2.37. The van der Waals surface area contributed by atoms with Gasteiger partial charge in [0.1, 0.15) is 0 Å². The Labute approximate surface area is 110 Å². The lowest BCUT2D eigenvalue weighted by Crippen LogP contribution is -2.11. The molecule has 1 aromatic carbocycles. The number of carbonyl (C=O) groups is 2. The molecule has 6 nitrogen and oxygen atoms in total. The van der Waals surface area contributed by atoms with Crippen molar-refractivity contribution in [2.75, 3.05) is 12.4 Å². The van der Waals surface area contributed by atoms with Crippen LogP contribution in [0.5, 0.6) is 0 Å². The van der Waals surface area contributed by atoms with E-state index in [9.17, 15) is 9.59 Å². The Kier molecular flexibility index (Phi) is 3.79. The van der Waals surface area contributed by atoms with Crippen LogP contribution in [0.25, 0.3) is 11.0 Å². The topological polar surface area (TPSA) is 84.1 Å². The number of imidazole rings is 1. The summed E-state index contributed by atoms with van der Waals surface area (Å²) in [5, 5.41) is 2.44. The van der Waals surface area contributed by atoms with Crippen LogP contribution in [-0.4, -0.2) is 29.0 Å². The SMILES string of the molecule is CCCC(=O)c1ccc2nc(NC(=O)OC)[nH]c2c1. The number of nitrogens with one attached hydrogen (secondary N) is 2. The van der Waals surface area contributed by atoms with Crippen LogP contribution in [0.2, 0.25) is 0 Å². The number of ether oxygens (including phenoxy) is 1. The lowest BCUT2D eigenvalue weighted by molar-refractivity contribution is 0.0982. The first-order valence-electron chi connectivity index (χ1n) is 6.02. The highest BCUT2D eigenvalue weighted by Crippen LogP contribution is 2.17. The van der Waals surface area contributed by atoms with E-state index in [4.69, 9.17) is 0 Å². The minimum Gasteiger partial charge on any atom is -0.453 e. The standard InChI is InChI=1S/C13H15N3O3/c1-3-4-11(17)8-5-6-9-10(7-8)15-12(14-9)16-13(18)19-2/h5-7H,3-4H2,1-2H3,(H2,14,15,16,18). The molecule has 1 aromatic heterocycles. The maximum atomic E-state index is 11.8. The number of amides is 1. The van der Waals surface area contributed by atoms with Crippen LogP contribution in [0.4, 0.5) is 10.7 Å². The Morgan fingerprint density at radius 2 is 2.21 bits per heavy atom. The van der Waals surface area contributed by atoms with Gasteiger partial charge in [0.15, 0.2) is 5.78 Å². The molecular formula is C13H15N3O3. The van der Waals surface area contributed by atoms with Gasteiger partial charge < -0.3 is 9.72 Å². The van der Waals surface area contributed by atoms with Gasteiger partial charge in [-0.3, -0.25) is 10.1 Å². The van der Waals surface area contributed by atoms with Crippen LogP contribution in [0, 0.1) is 0 Å². The lowest BCUT2D eigenvalue weighted by atomic mass is 10.1. The van der Waals surface area contributed by atoms with Crippen molar-refractivity contribution in [3.63, 3.8) is 0 Å². The molecule has 2 rings (SSSR count). The molecule has 1 heterocycles. The van der Waals surface area contributed by atoms with E-state index in [1.54, 1.807) is 18.2 Å². The van der Waals surface area contributed by atoms with Crippen LogP contribution < -0.4 is 5.32 Å². The third kappa shape index (κ3) is 2.90. The molecular weight excluding hydrogens is 246 g/mol. The average molecular weight is 261 g/mol. The predicted molar refractivity (Wildman–Crippen MR) is 71.4 cm³/mol. The molecule has 6 heteroatoms. The van der Waals surface area contributed by atoms with Gasteiger partial charge in [0.2, 0.25) is 5.95 Å². The van der Waals surface area contributed by atoms with Gasteiger partial charge in [0.05, 0.1) is 18.1 Å². The smallest absolute Gasteiger partial charge is 0.413 e. The van der Waals surface area contributed by atoms with Crippen molar-refractivity contribution in [2.24, 2.45) is 0 Å². The number of hydrogen-bond acceptors (Lipinski definition) is 4. The summed E-state index contributed by atoms with van der Waals surface area (Å²) in [5.74, 6) is 0.392. The van der Waals surface area contributed by atoms with Gasteiger partial charge in [-0.25, -0.2) is 9.78 Å². The molecule has 19 heavy (non-hydrogen) atoms. The number of benzene rings is 1. The quantitative estimate of drug-likeness (QED) is 0.829. The first-order chi connectivity index (χ1) is 9.13. The molecule has 2 N–H and O–H groups in total. The Morgan fingerprint density at radius 1 is 1.42 bits per heavy atom. The number of methoxy groups -OCH3 is 1. The van der Waals surface area contributed by atoms with E-state index in [2.05, 4.69) is 20.0 Å². The van der Waals surface area contributed by atoms with Gasteiger partial charge in [-0.2, -0.15) is 0 Å². The zero-order valence-electron chi connectivity index (χ0n) is 10.8. The third-order valence-corrected chi connectivity index (χ3v) is 2.69. The van der Waals surface area contributed by atoms with Crippen molar-refractivity contribution in [1.82, 2.24) is 9.97 Å². The molecule has 0 saturated carbocycles. The van der Waals surface area contributed by atoms with Crippen molar-refractivity contribution >= 4 is 28.9 Å². The van der Waals surface area contributed by atoms with Crippen LogP contribution in [0.1, 0.15) is 30.1 Å². The fourth-order valence-corrected chi connectivity index (χ4v) is 1.76. The highest BCUT2D eigenvalue weighted by Gasteiger charge is 2.09. The van der Waals surface area contributed by atoms with E-state index in [1.165, 1.54) is 7.11 Å². The highest BCUT2D eigenvalue weighted by molar-refractivity contribution is 5.99. The summed E-state index contributed by atoms with van der Waals surface area (Å²) in [6.45, 7) is 1.96. The fraction of sp³-hybridized carbons (Fsp3) is 0.308. The molecule has 2 aromatic rings. The highest BCUT2D eigenvalue weighted by atomic mass is 16.5. The number of hydrogen-bond donors (Lipinski definition) is 2. The summed E-state index contributed by atoms with van der Waals surface area (Å²) in [4.78, 5) is 30.0. The molecule has 0 spiro atoms. The fourth-order valence-electron chi connectivity index (χ4n) is 1.76. The zero-order valence-corrected chi connectivity index (χ0v) is 10.8. The number of aromatic nitrogens is 2. The van der Waals surface area contributed by atoms with E-state index in [0.29, 0.717) is 29.0 Å². The number of fused-ring (bicyclic) bond motifs is 1. The molecule has 0 aliphatic carbocycles. The molecule has 0 fully saturated rings. The number of H-pyrrole nitrogens is 1. The summed E-state index contributed by atoms with van der Waals surface area (Å²) < 4.78 is 4.48. The van der Waals surface area contributed by atoms with Crippen LogP contribution >= 0.6 is 0 Å². The summed E-state index contributed by atoms with van der Waals surface area (Å²) in [5.41, 5.74) is 2.02. The number of anilines is 1.